The molecular formula is C23H27F2N7O3. The van der Waals surface area contributed by atoms with Crippen LogP contribution in [0.25, 0.3) is 11.2 Å². The van der Waals surface area contributed by atoms with Crippen LogP contribution in [0.3, 0.4) is 0 Å². The first-order valence-corrected chi connectivity index (χ1v) is 11.3. The molecule has 3 aromatic heterocycles. The summed E-state index contributed by atoms with van der Waals surface area (Å²) >= 11 is 0. The predicted molar refractivity (Wildman–Crippen MR) is 124 cm³/mol. The number of pyridine rings is 2. The van der Waals surface area contributed by atoms with Crippen LogP contribution < -0.4 is 10.6 Å². The smallest absolute Gasteiger partial charge is 0.267 e. The molecule has 2 N–H and O–H groups in total. The van der Waals surface area contributed by atoms with Crippen LogP contribution in [-0.2, 0) is 16.1 Å². The van der Waals surface area contributed by atoms with Crippen LogP contribution in [0, 0.1) is 0 Å². The van der Waals surface area contributed by atoms with Crippen LogP contribution in [0.4, 0.5) is 14.6 Å². The number of rotatable bonds is 9. The summed E-state index contributed by atoms with van der Waals surface area (Å²) in [7, 11) is 1.76. The number of nitrogens with two attached hydrogens (primary N) is 1. The Kier molecular flexibility index (Phi) is 7.49. The van der Waals surface area contributed by atoms with Crippen LogP contribution in [0.15, 0.2) is 36.8 Å². The van der Waals surface area contributed by atoms with E-state index < -0.39 is 12.3 Å². The number of carbonyl (C=O) groups is 2. The highest BCUT2D eigenvalue weighted by Gasteiger charge is 2.26. The average Bonchev–Trinajstić information content (AvgIpc) is 3.28. The largest absolute Gasteiger partial charge is 0.370 e. The van der Waals surface area contributed by atoms with E-state index in [9.17, 15) is 18.4 Å². The maximum atomic E-state index is 12.7. The standard InChI is InChI=1S/C23H27F2N7O3/c1-30(16-6-8-31(9-7-16)19-5-2-15(12-27-19)21(24)25)20(33)13-35-11-10-32-14-28-18-4-3-17(22(26)34)29-23(18)32/h2-5,12,14,16,21H,6-11,13H2,1H3,(H2,26,34). The number of halogens is 2. The zero-order chi connectivity index (χ0) is 24.9. The number of hydrogen-bond acceptors (Lipinski definition) is 7. The molecule has 4 heterocycles. The van der Waals surface area contributed by atoms with E-state index in [0.717, 1.165) is 12.8 Å². The Balaban J connectivity index is 1.22. The first-order chi connectivity index (χ1) is 16.8. The van der Waals surface area contributed by atoms with E-state index in [0.29, 0.717) is 36.6 Å². The molecule has 0 aromatic carbocycles. The molecule has 1 aliphatic heterocycles. The molecule has 2 amide bonds. The summed E-state index contributed by atoms with van der Waals surface area (Å²) in [5, 5.41) is 0. The van der Waals surface area contributed by atoms with Crippen molar-refractivity contribution in [1.29, 1.82) is 0 Å². The second-order valence-electron chi connectivity index (χ2n) is 8.37. The Labute approximate surface area is 200 Å². The van der Waals surface area contributed by atoms with Gasteiger partial charge in [0.2, 0.25) is 5.91 Å². The summed E-state index contributed by atoms with van der Waals surface area (Å²) in [6.07, 6.45) is 1.77. The van der Waals surface area contributed by atoms with Gasteiger partial charge in [0, 0.05) is 44.5 Å². The van der Waals surface area contributed by atoms with Crippen molar-refractivity contribution in [2.24, 2.45) is 5.73 Å². The minimum Gasteiger partial charge on any atom is -0.370 e. The van der Waals surface area contributed by atoms with Gasteiger partial charge in [-0.15, -0.1) is 0 Å². The van der Waals surface area contributed by atoms with Gasteiger partial charge in [-0.3, -0.25) is 9.59 Å². The zero-order valence-corrected chi connectivity index (χ0v) is 19.3. The summed E-state index contributed by atoms with van der Waals surface area (Å²) in [6, 6.07) is 6.27. The zero-order valence-electron chi connectivity index (χ0n) is 19.3. The number of piperidine rings is 1. The summed E-state index contributed by atoms with van der Waals surface area (Å²) in [5.74, 6) is -0.0709. The number of primary amides is 1. The monoisotopic (exact) mass is 487 g/mol. The second-order valence-corrected chi connectivity index (χ2v) is 8.37. The topological polar surface area (TPSA) is 119 Å². The molecule has 0 bridgehead atoms. The molecule has 1 aliphatic rings. The molecule has 4 rings (SSSR count). The van der Waals surface area contributed by atoms with Crippen molar-refractivity contribution in [1.82, 2.24) is 24.4 Å². The molecule has 0 atom stereocenters. The van der Waals surface area contributed by atoms with E-state index >= 15 is 0 Å². The Morgan fingerprint density at radius 2 is 1.97 bits per heavy atom. The highest BCUT2D eigenvalue weighted by molar-refractivity contribution is 5.92. The lowest BCUT2D eigenvalue weighted by molar-refractivity contribution is -0.137. The van der Waals surface area contributed by atoms with E-state index in [1.807, 2.05) is 4.90 Å². The van der Waals surface area contributed by atoms with Gasteiger partial charge in [0.05, 0.1) is 12.9 Å². The molecule has 186 valence electrons. The van der Waals surface area contributed by atoms with E-state index in [4.69, 9.17) is 10.5 Å². The average molecular weight is 488 g/mol. The Morgan fingerprint density at radius 3 is 2.63 bits per heavy atom. The summed E-state index contributed by atoms with van der Waals surface area (Å²) in [4.78, 5) is 40.3. The van der Waals surface area contributed by atoms with Gasteiger partial charge in [-0.1, -0.05) is 0 Å². The summed E-state index contributed by atoms with van der Waals surface area (Å²) in [6.45, 7) is 1.99. The fraction of sp³-hybridized carbons (Fsp3) is 0.435. The number of fused-ring (bicyclic) bond motifs is 1. The number of amides is 2. The molecule has 0 unspecified atom stereocenters. The maximum absolute atomic E-state index is 12.7. The molecule has 0 saturated carbocycles. The lowest BCUT2D eigenvalue weighted by Crippen LogP contribution is -2.46. The number of alkyl halides is 2. The number of aromatic nitrogens is 4. The first kappa shape index (κ1) is 24.5. The molecular weight excluding hydrogens is 460 g/mol. The molecule has 3 aromatic rings. The van der Waals surface area contributed by atoms with Gasteiger partial charge < -0.3 is 24.8 Å². The van der Waals surface area contributed by atoms with Crippen molar-refractivity contribution < 1.29 is 23.1 Å². The number of carbonyl (C=O) groups excluding carboxylic acids is 2. The number of anilines is 1. The number of imidazole rings is 1. The van der Waals surface area contributed by atoms with Gasteiger partial charge in [-0.2, -0.15) is 0 Å². The van der Waals surface area contributed by atoms with E-state index in [1.165, 1.54) is 18.3 Å². The van der Waals surface area contributed by atoms with E-state index in [2.05, 4.69) is 15.0 Å². The van der Waals surface area contributed by atoms with Crippen molar-refractivity contribution >= 4 is 28.8 Å². The molecule has 0 radical (unpaired) electrons. The molecule has 12 heteroatoms. The third-order valence-electron chi connectivity index (χ3n) is 6.17. The van der Waals surface area contributed by atoms with Crippen molar-refractivity contribution in [2.75, 3.05) is 38.3 Å². The van der Waals surface area contributed by atoms with Crippen LogP contribution in [0.5, 0.6) is 0 Å². The van der Waals surface area contributed by atoms with Gasteiger partial charge in [0.15, 0.2) is 5.65 Å². The fourth-order valence-corrected chi connectivity index (χ4v) is 4.06. The fourth-order valence-electron chi connectivity index (χ4n) is 4.06. The van der Waals surface area contributed by atoms with Crippen LogP contribution in [0.2, 0.25) is 0 Å². The summed E-state index contributed by atoms with van der Waals surface area (Å²) < 4.78 is 32.8. The maximum Gasteiger partial charge on any atom is 0.267 e. The Hall–Kier alpha value is -3.67. The minimum atomic E-state index is -2.53. The van der Waals surface area contributed by atoms with Crippen molar-refractivity contribution in [3.05, 3.63) is 48.0 Å². The lowest BCUT2D eigenvalue weighted by Gasteiger charge is -2.37. The number of ether oxygens (including phenoxy) is 1. The third kappa shape index (κ3) is 5.70. The predicted octanol–water partition coefficient (Wildman–Crippen LogP) is 2.01. The van der Waals surface area contributed by atoms with Crippen molar-refractivity contribution in [2.45, 2.75) is 31.9 Å². The number of nitrogens with zero attached hydrogens (tertiary/aromatic N) is 6. The molecule has 1 fully saturated rings. The van der Waals surface area contributed by atoms with Gasteiger partial charge in [-0.05, 0) is 37.1 Å². The second kappa shape index (κ2) is 10.7. The molecule has 35 heavy (non-hydrogen) atoms. The highest BCUT2D eigenvalue weighted by Crippen LogP contribution is 2.23. The normalized spacial score (nSPS) is 14.6. The van der Waals surface area contributed by atoms with Crippen LogP contribution >= 0.6 is 0 Å². The first-order valence-electron chi connectivity index (χ1n) is 11.3. The Bertz CT molecular complexity index is 1180. The SMILES string of the molecule is CN(C(=O)COCCn1cnc2ccc(C(N)=O)nc21)C1CCN(c2ccc(C(F)F)cn2)CC1. The number of likely N-dealkylation sites (N-methyl/N-ethyl adjacent to an activating group) is 1. The summed E-state index contributed by atoms with van der Waals surface area (Å²) in [5.41, 5.74) is 6.52. The van der Waals surface area contributed by atoms with Gasteiger partial charge >= 0.3 is 0 Å². The van der Waals surface area contributed by atoms with Gasteiger partial charge in [-0.25, -0.2) is 23.7 Å². The minimum absolute atomic E-state index is 0.0556. The van der Waals surface area contributed by atoms with Crippen LogP contribution in [0.1, 0.15) is 35.3 Å². The van der Waals surface area contributed by atoms with Gasteiger partial charge in [0.1, 0.15) is 23.6 Å². The third-order valence-corrected chi connectivity index (χ3v) is 6.17. The molecule has 0 spiro atoms. The van der Waals surface area contributed by atoms with Crippen molar-refractivity contribution in [3.63, 3.8) is 0 Å². The van der Waals surface area contributed by atoms with E-state index in [1.54, 1.807) is 35.0 Å². The van der Waals surface area contributed by atoms with Crippen LogP contribution in [-0.4, -0.2) is 75.6 Å². The Morgan fingerprint density at radius 1 is 1.20 bits per heavy atom. The number of hydrogen-bond donors (Lipinski definition) is 1. The van der Waals surface area contributed by atoms with Crippen molar-refractivity contribution in [3.8, 4) is 0 Å². The molecule has 1 saturated heterocycles. The van der Waals surface area contributed by atoms with Gasteiger partial charge in [0.25, 0.3) is 12.3 Å². The molecule has 10 nitrogen and oxygen atoms in total. The van der Waals surface area contributed by atoms with E-state index in [-0.39, 0.29) is 36.4 Å². The molecule has 0 aliphatic carbocycles. The lowest BCUT2D eigenvalue weighted by atomic mass is 10.0. The quantitative estimate of drug-likeness (QED) is 0.459. The highest BCUT2D eigenvalue weighted by atomic mass is 19.3.